The Kier molecular flexibility index (Phi) is 8.73. The van der Waals surface area contributed by atoms with Gasteiger partial charge in [0.05, 0.1) is 19.3 Å². The smallest absolute Gasteiger partial charge is 0.244 e. The summed E-state index contributed by atoms with van der Waals surface area (Å²) in [4.78, 5) is 36.3. The summed E-state index contributed by atoms with van der Waals surface area (Å²) in [6.07, 6.45) is 6.93. The maximum Gasteiger partial charge on any atom is 0.244 e. The van der Waals surface area contributed by atoms with Crippen molar-refractivity contribution in [3.8, 4) is 0 Å². The van der Waals surface area contributed by atoms with Gasteiger partial charge in [-0.2, -0.15) is 0 Å². The van der Waals surface area contributed by atoms with E-state index in [2.05, 4.69) is 20.9 Å². The average molecular weight is 443 g/mol. The molecule has 3 amide bonds. The van der Waals surface area contributed by atoms with E-state index in [9.17, 15) is 14.4 Å². The Hall–Kier alpha value is -3.27. The Morgan fingerprint density at radius 2 is 1.88 bits per heavy atom. The third kappa shape index (κ3) is 7.45. The van der Waals surface area contributed by atoms with Crippen LogP contribution in [0.5, 0.6) is 0 Å². The summed E-state index contributed by atoms with van der Waals surface area (Å²) >= 11 is 0. The number of aromatic nitrogens is 3. The number of amides is 3. The van der Waals surface area contributed by atoms with Gasteiger partial charge in [0.15, 0.2) is 0 Å². The van der Waals surface area contributed by atoms with Gasteiger partial charge in [-0.05, 0) is 24.5 Å². The van der Waals surface area contributed by atoms with Crippen LogP contribution in [0, 0.1) is 11.8 Å². The van der Waals surface area contributed by atoms with E-state index in [0.717, 1.165) is 31.4 Å². The zero-order valence-corrected chi connectivity index (χ0v) is 18.0. The SMILES string of the molecule is O=C(CC(CC1CCCC1)C(=O)NCc1cn(CCC(=O)Nc2ccccc2)nn1)NO. The highest BCUT2D eigenvalue weighted by Crippen LogP contribution is 2.31. The van der Waals surface area contributed by atoms with Crippen molar-refractivity contribution in [3.05, 3.63) is 42.2 Å². The number of hydroxylamine groups is 1. The standard InChI is InChI=1S/C22H30N6O4/c29-20(24-18-8-2-1-3-9-18)10-11-28-15-19(25-27-28)14-23-22(31)17(13-21(30)26-32)12-16-6-4-5-7-16/h1-3,8-9,15-17,32H,4-7,10-14H2,(H,23,31)(H,24,29)(H,26,30). The molecule has 172 valence electrons. The first kappa shape index (κ1) is 23.4. The third-order valence-electron chi connectivity index (χ3n) is 5.68. The Morgan fingerprint density at radius 1 is 1.12 bits per heavy atom. The van der Waals surface area contributed by atoms with Crippen molar-refractivity contribution in [2.45, 2.75) is 58.0 Å². The zero-order valence-electron chi connectivity index (χ0n) is 18.0. The number of carbonyl (C=O) groups excluding carboxylic acids is 3. The van der Waals surface area contributed by atoms with Crippen LogP contribution in [-0.4, -0.2) is 37.9 Å². The minimum absolute atomic E-state index is 0.0535. The molecule has 10 nitrogen and oxygen atoms in total. The molecule has 1 aliphatic carbocycles. The first-order valence-corrected chi connectivity index (χ1v) is 11.0. The van der Waals surface area contributed by atoms with E-state index in [-0.39, 0.29) is 31.2 Å². The second kappa shape index (κ2) is 11.9. The summed E-state index contributed by atoms with van der Waals surface area (Å²) in [7, 11) is 0. The van der Waals surface area contributed by atoms with Crippen LogP contribution >= 0.6 is 0 Å². The molecule has 1 atom stereocenters. The summed E-state index contributed by atoms with van der Waals surface area (Å²) in [5.74, 6) is -0.999. The molecule has 4 N–H and O–H groups in total. The molecule has 32 heavy (non-hydrogen) atoms. The molecule has 0 bridgehead atoms. The fraction of sp³-hybridized carbons (Fsp3) is 0.500. The van der Waals surface area contributed by atoms with E-state index in [0.29, 0.717) is 24.6 Å². The minimum atomic E-state index is -0.567. The number of nitrogens with one attached hydrogen (secondary N) is 3. The number of carbonyl (C=O) groups is 3. The quantitative estimate of drug-likeness (QED) is 0.310. The molecule has 1 unspecified atom stereocenters. The number of para-hydroxylation sites is 1. The molecule has 1 aromatic carbocycles. The highest BCUT2D eigenvalue weighted by molar-refractivity contribution is 5.90. The fourth-order valence-electron chi connectivity index (χ4n) is 4.01. The van der Waals surface area contributed by atoms with Crippen LogP contribution in [0.1, 0.15) is 50.6 Å². The van der Waals surface area contributed by atoms with E-state index in [1.54, 1.807) is 16.4 Å². The molecule has 1 heterocycles. The second-order valence-electron chi connectivity index (χ2n) is 8.18. The predicted molar refractivity (Wildman–Crippen MR) is 116 cm³/mol. The molecule has 1 fully saturated rings. The largest absolute Gasteiger partial charge is 0.350 e. The molecule has 1 saturated carbocycles. The lowest BCUT2D eigenvalue weighted by molar-refractivity contribution is -0.135. The van der Waals surface area contributed by atoms with Crippen LogP contribution in [0.2, 0.25) is 0 Å². The van der Waals surface area contributed by atoms with Crippen molar-refractivity contribution in [1.82, 2.24) is 25.8 Å². The van der Waals surface area contributed by atoms with Crippen molar-refractivity contribution < 1.29 is 19.6 Å². The second-order valence-corrected chi connectivity index (χ2v) is 8.18. The van der Waals surface area contributed by atoms with E-state index >= 15 is 0 Å². The lowest BCUT2D eigenvalue weighted by Gasteiger charge is -2.19. The molecular weight excluding hydrogens is 412 g/mol. The zero-order chi connectivity index (χ0) is 22.8. The fourth-order valence-corrected chi connectivity index (χ4v) is 4.01. The maximum atomic E-state index is 12.7. The van der Waals surface area contributed by atoms with Gasteiger partial charge in [-0.15, -0.1) is 5.10 Å². The maximum absolute atomic E-state index is 12.7. The van der Waals surface area contributed by atoms with E-state index in [1.807, 2.05) is 30.3 Å². The van der Waals surface area contributed by atoms with Crippen LogP contribution < -0.4 is 16.1 Å². The van der Waals surface area contributed by atoms with Gasteiger partial charge in [0.1, 0.15) is 5.69 Å². The summed E-state index contributed by atoms with van der Waals surface area (Å²) in [5, 5.41) is 22.5. The average Bonchev–Trinajstić information content (AvgIpc) is 3.48. The summed E-state index contributed by atoms with van der Waals surface area (Å²) in [5.41, 5.74) is 2.91. The number of anilines is 1. The number of aryl methyl sites for hydroxylation is 1. The van der Waals surface area contributed by atoms with Crippen molar-refractivity contribution in [1.29, 1.82) is 0 Å². The Bertz CT molecular complexity index is 895. The highest BCUT2D eigenvalue weighted by atomic mass is 16.5. The van der Waals surface area contributed by atoms with Gasteiger partial charge < -0.3 is 10.6 Å². The normalized spacial score (nSPS) is 14.7. The van der Waals surface area contributed by atoms with Gasteiger partial charge in [-0.3, -0.25) is 24.3 Å². The topological polar surface area (TPSA) is 138 Å². The van der Waals surface area contributed by atoms with Gasteiger partial charge in [0.25, 0.3) is 0 Å². The van der Waals surface area contributed by atoms with Crippen LogP contribution in [0.25, 0.3) is 0 Å². The number of nitrogens with zero attached hydrogens (tertiary/aromatic N) is 3. The van der Waals surface area contributed by atoms with Gasteiger partial charge in [-0.1, -0.05) is 49.1 Å². The first-order valence-electron chi connectivity index (χ1n) is 11.0. The molecule has 2 aromatic rings. The van der Waals surface area contributed by atoms with E-state index in [4.69, 9.17) is 5.21 Å². The molecular formula is C22H30N6O4. The van der Waals surface area contributed by atoms with Gasteiger partial charge >= 0.3 is 0 Å². The monoisotopic (exact) mass is 442 g/mol. The Labute approximate surface area is 186 Å². The Morgan fingerprint density at radius 3 is 2.59 bits per heavy atom. The predicted octanol–water partition coefficient (Wildman–Crippen LogP) is 2.02. The number of hydrogen-bond donors (Lipinski definition) is 4. The van der Waals surface area contributed by atoms with Crippen molar-refractivity contribution >= 4 is 23.4 Å². The van der Waals surface area contributed by atoms with E-state index < -0.39 is 11.8 Å². The summed E-state index contributed by atoms with van der Waals surface area (Å²) < 4.78 is 1.56. The van der Waals surface area contributed by atoms with Gasteiger partial charge in [0, 0.05) is 24.4 Å². The van der Waals surface area contributed by atoms with Crippen LogP contribution in [0.15, 0.2) is 36.5 Å². The molecule has 0 radical (unpaired) electrons. The van der Waals surface area contributed by atoms with Crippen LogP contribution in [0.3, 0.4) is 0 Å². The molecule has 1 aromatic heterocycles. The number of rotatable bonds is 11. The molecule has 3 rings (SSSR count). The number of benzene rings is 1. The molecule has 0 spiro atoms. The lowest BCUT2D eigenvalue weighted by atomic mass is 9.90. The third-order valence-corrected chi connectivity index (χ3v) is 5.68. The molecule has 10 heteroatoms. The highest BCUT2D eigenvalue weighted by Gasteiger charge is 2.27. The Balaban J connectivity index is 1.45. The molecule has 1 aliphatic rings. The van der Waals surface area contributed by atoms with Crippen molar-refractivity contribution in [3.63, 3.8) is 0 Å². The van der Waals surface area contributed by atoms with Crippen molar-refractivity contribution in [2.75, 3.05) is 5.32 Å². The number of hydrogen-bond acceptors (Lipinski definition) is 6. The van der Waals surface area contributed by atoms with Crippen LogP contribution in [0.4, 0.5) is 5.69 Å². The molecule has 0 saturated heterocycles. The van der Waals surface area contributed by atoms with Crippen molar-refractivity contribution in [2.24, 2.45) is 11.8 Å². The van der Waals surface area contributed by atoms with Gasteiger partial charge in [-0.25, -0.2) is 5.48 Å². The summed E-state index contributed by atoms with van der Waals surface area (Å²) in [6, 6.07) is 9.21. The van der Waals surface area contributed by atoms with E-state index in [1.165, 1.54) is 0 Å². The minimum Gasteiger partial charge on any atom is -0.350 e. The first-order chi connectivity index (χ1) is 15.5. The van der Waals surface area contributed by atoms with Crippen LogP contribution in [-0.2, 0) is 27.5 Å². The molecule has 0 aliphatic heterocycles. The summed E-state index contributed by atoms with van der Waals surface area (Å²) in [6.45, 7) is 0.539. The lowest BCUT2D eigenvalue weighted by Crippen LogP contribution is -2.35. The van der Waals surface area contributed by atoms with Gasteiger partial charge in [0.2, 0.25) is 17.7 Å².